The van der Waals surface area contributed by atoms with Crippen LogP contribution < -0.4 is 19.1 Å². The van der Waals surface area contributed by atoms with Gasteiger partial charge in [0.1, 0.15) is 6.26 Å². The number of ether oxygens (including phenoxy) is 3. The predicted molar refractivity (Wildman–Crippen MR) is 116 cm³/mol. The molecule has 0 aliphatic carbocycles. The molecule has 1 aromatic heterocycles. The normalized spacial score (nSPS) is 14.6. The molecule has 0 atom stereocenters. The molecule has 1 aliphatic heterocycles. The van der Waals surface area contributed by atoms with E-state index in [9.17, 15) is 0 Å². The van der Waals surface area contributed by atoms with Crippen molar-refractivity contribution >= 4 is 5.69 Å². The van der Waals surface area contributed by atoms with E-state index in [2.05, 4.69) is 45.1 Å². The third kappa shape index (κ3) is 4.21. The summed E-state index contributed by atoms with van der Waals surface area (Å²) in [4.78, 5) is 9.50. The van der Waals surface area contributed by atoms with Crippen LogP contribution in [0.15, 0.2) is 53.1 Å². The number of para-hydroxylation sites is 1. The lowest BCUT2D eigenvalue weighted by atomic mass is 10.2. The van der Waals surface area contributed by atoms with Crippen LogP contribution in [0, 0.1) is 0 Å². The zero-order valence-electron chi connectivity index (χ0n) is 17.6. The van der Waals surface area contributed by atoms with Crippen LogP contribution in [0.5, 0.6) is 17.2 Å². The van der Waals surface area contributed by atoms with Gasteiger partial charge in [0, 0.05) is 44.0 Å². The lowest BCUT2D eigenvalue weighted by molar-refractivity contribution is 0.247. The lowest BCUT2D eigenvalue weighted by Gasteiger charge is -2.35. The number of oxazole rings is 1. The number of benzene rings is 2. The van der Waals surface area contributed by atoms with Crippen molar-refractivity contribution in [1.29, 1.82) is 0 Å². The second-order valence-electron chi connectivity index (χ2n) is 7.16. The average molecular weight is 409 g/mol. The predicted octanol–water partition coefficient (Wildman–Crippen LogP) is 3.69. The molecule has 7 nitrogen and oxygen atoms in total. The van der Waals surface area contributed by atoms with Gasteiger partial charge in [-0.25, -0.2) is 4.98 Å². The quantitative estimate of drug-likeness (QED) is 0.590. The van der Waals surface area contributed by atoms with E-state index in [4.69, 9.17) is 18.6 Å². The van der Waals surface area contributed by atoms with Crippen molar-refractivity contribution in [3.8, 4) is 28.7 Å². The van der Waals surface area contributed by atoms with Crippen LogP contribution in [0.3, 0.4) is 0 Å². The number of hydrogen-bond acceptors (Lipinski definition) is 7. The molecule has 1 saturated heterocycles. The maximum Gasteiger partial charge on any atom is 0.226 e. The third-order valence-corrected chi connectivity index (χ3v) is 5.34. The maximum absolute atomic E-state index is 5.76. The fourth-order valence-corrected chi connectivity index (χ4v) is 3.75. The first-order valence-electron chi connectivity index (χ1n) is 9.99. The van der Waals surface area contributed by atoms with Crippen LogP contribution in [0.25, 0.3) is 11.5 Å². The molecule has 0 amide bonds. The van der Waals surface area contributed by atoms with Crippen molar-refractivity contribution in [3.63, 3.8) is 0 Å². The molecule has 4 rings (SSSR count). The summed E-state index contributed by atoms with van der Waals surface area (Å²) >= 11 is 0. The lowest BCUT2D eigenvalue weighted by Crippen LogP contribution is -2.46. The van der Waals surface area contributed by atoms with Crippen molar-refractivity contribution in [3.05, 3.63) is 54.4 Å². The van der Waals surface area contributed by atoms with Gasteiger partial charge in [0.15, 0.2) is 11.5 Å². The highest BCUT2D eigenvalue weighted by Crippen LogP contribution is 2.41. The van der Waals surface area contributed by atoms with Gasteiger partial charge in [-0.1, -0.05) is 18.2 Å². The van der Waals surface area contributed by atoms with Crippen LogP contribution in [-0.2, 0) is 6.54 Å². The summed E-state index contributed by atoms with van der Waals surface area (Å²) in [6.45, 7) is 4.74. The van der Waals surface area contributed by atoms with Gasteiger partial charge in [-0.3, -0.25) is 4.90 Å². The molecule has 0 saturated carbocycles. The number of aromatic nitrogens is 1. The Labute approximate surface area is 176 Å². The molecular weight excluding hydrogens is 382 g/mol. The van der Waals surface area contributed by atoms with E-state index in [-0.39, 0.29) is 0 Å². The molecule has 0 spiro atoms. The number of hydrogen-bond donors (Lipinski definition) is 0. The van der Waals surface area contributed by atoms with Crippen LogP contribution in [0.1, 0.15) is 5.69 Å². The van der Waals surface area contributed by atoms with Gasteiger partial charge < -0.3 is 23.5 Å². The molecule has 2 heterocycles. The van der Waals surface area contributed by atoms with Gasteiger partial charge in [0.05, 0.1) is 27.0 Å². The Kier molecular flexibility index (Phi) is 6.09. The van der Waals surface area contributed by atoms with Gasteiger partial charge in [-0.15, -0.1) is 0 Å². The minimum absolute atomic E-state index is 0.534. The Hall–Kier alpha value is -3.19. The highest BCUT2D eigenvalue weighted by Gasteiger charge is 2.20. The summed E-state index contributed by atoms with van der Waals surface area (Å²) < 4.78 is 22.0. The minimum Gasteiger partial charge on any atom is -0.493 e. The fraction of sp³-hybridized carbons (Fsp3) is 0.348. The van der Waals surface area contributed by atoms with Gasteiger partial charge in [-0.05, 0) is 24.3 Å². The Morgan fingerprint density at radius 2 is 1.57 bits per heavy atom. The highest BCUT2D eigenvalue weighted by atomic mass is 16.5. The molecule has 0 bridgehead atoms. The molecule has 7 heteroatoms. The average Bonchev–Trinajstić information content (AvgIpc) is 3.27. The van der Waals surface area contributed by atoms with Gasteiger partial charge in [-0.2, -0.15) is 0 Å². The first-order chi connectivity index (χ1) is 14.7. The molecule has 1 fully saturated rings. The fourth-order valence-electron chi connectivity index (χ4n) is 3.75. The summed E-state index contributed by atoms with van der Waals surface area (Å²) in [5, 5.41) is 0. The highest BCUT2D eigenvalue weighted by molar-refractivity contribution is 5.65. The van der Waals surface area contributed by atoms with E-state index >= 15 is 0 Å². The van der Waals surface area contributed by atoms with E-state index in [0.29, 0.717) is 23.1 Å². The molecule has 0 N–H and O–H groups in total. The summed E-state index contributed by atoms with van der Waals surface area (Å²) in [6.07, 6.45) is 1.72. The molecular formula is C23H27N3O4. The number of nitrogens with zero attached hydrogens (tertiary/aromatic N) is 3. The largest absolute Gasteiger partial charge is 0.493 e. The topological polar surface area (TPSA) is 60.2 Å². The molecule has 1 aliphatic rings. The van der Waals surface area contributed by atoms with Crippen molar-refractivity contribution in [1.82, 2.24) is 9.88 Å². The van der Waals surface area contributed by atoms with E-state index in [1.807, 2.05) is 12.1 Å². The van der Waals surface area contributed by atoms with Crippen LogP contribution in [0.2, 0.25) is 0 Å². The standard InChI is InChI=1S/C23H27N3O4/c1-27-20-13-17(14-21(28-2)22(20)29-3)23-24-18(16-30-23)15-25-9-11-26(12-10-25)19-7-5-4-6-8-19/h4-8,13-14,16H,9-12,15H2,1-3H3. The summed E-state index contributed by atoms with van der Waals surface area (Å²) in [6, 6.07) is 14.2. The van der Waals surface area contributed by atoms with E-state index in [0.717, 1.165) is 44.0 Å². The Morgan fingerprint density at radius 3 is 2.17 bits per heavy atom. The van der Waals surface area contributed by atoms with Crippen LogP contribution >= 0.6 is 0 Å². The summed E-state index contributed by atoms with van der Waals surface area (Å²) in [7, 11) is 4.77. The second kappa shape index (κ2) is 9.09. The van der Waals surface area contributed by atoms with Crippen molar-refractivity contribution < 1.29 is 18.6 Å². The van der Waals surface area contributed by atoms with Gasteiger partial charge >= 0.3 is 0 Å². The molecule has 2 aromatic carbocycles. The van der Waals surface area contributed by atoms with E-state index in [1.165, 1.54) is 5.69 Å². The maximum atomic E-state index is 5.76. The zero-order chi connectivity index (χ0) is 20.9. The SMILES string of the molecule is COc1cc(-c2nc(CN3CCN(c4ccccc4)CC3)co2)cc(OC)c1OC. The second-order valence-corrected chi connectivity index (χ2v) is 7.16. The smallest absolute Gasteiger partial charge is 0.226 e. The molecule has 30 heavy (non-hydrogen) atoms. The first-order valence-corrected chi connectivity index (χ1v) is 9.99. The van der Waals surface area contributed by atoms with Gasteiger partial charge in [0.2, 0.25) is 11.6 Å². The zero-order valence-corrected chi connectivity index (χ0v) is 17.6. The van der Waals surface area contributed by atoms with Crippen molar-refractivity contribution in [2.45, 2.75) is 6.54 Å². The number of piperazine rings is 1. The summed E-state index contributed by atoms with van der Waals surface area (Å²) in [5.74, 6) is 2.23. The van der Waals surface area contributed by atoms with Crippen molar-refractivity contribution in [2.75, 3.05) is 52.4 Å². The van der Waals surface area contributed by atoms with E-state index in [1.54, 1.807) is 27.6 Å². The number of rotatable bonds is 7. The molecule has 0 unspecified atom stereocenters. The minimum atomic E-state index is 0.534. The van der Waals surface area contributed by atoms with Crippen molar-refractivity contribution in [2.24, 2.45) is 0 Å². The summed E-state index contributed by atoms with van der Waals surface area (Å²) in [5.41, 5.74) is 2.97. The molecule has 0 radical (unpaired) electrons. The first kappa shape index (κ1) is 20.1. The molecule has 158 valence electrons. The number of methoxy groups -OCH3 is 3. The Morgan fingerprint density at radius 1 is 0.900 bits per heavy atom. The Bertz CT molecular complexity index is 941. The van der Waals surface area contributed by atoms with Crippen LogP contribution in [-0.4, -0.2) is 57.4 Å². The van der Waals surface area contributed by atoms with Gasteiger partial charge in [0.25, 0.3) is 0 Å². The van der Waals surface area contributed by atoms with E-state index < -0.39 is 0 Å². The monoisotopic (exact) mass is 409 g/mol. The third-order valence-electron chi connectivity index (χ3n) is 5.34. The van der Waals surface area contributed by atoms with Crippen LogP contribution in [0.4, 0.5) is 5.69 Å². The Balaban J connectivity index is 1.43. The molecule has 3 aromatic rings. The number of anilines is 1.